The molecule has 0 saturated heterocycles. The molecular weight excluding hydrogens is 297 g/mol. The number of carbonyl (C=O) groups is 1. The third-order valence-corrected chi connectivity index (χ3v) is 4.24. The number of carbonyl (C=O) groups excluding carboxylic acids is 1. The normalized spacial score (nSPS) is 17.4. The smallest absolute Gasteiger partial charge is 0.407 e. The summed E-state index contributed by atoms with van der Waals surface area (Å²) < 4.78 is 19.2. The highest BCUT2D eigenvalue weighted by molar-refractivity contribution is 5.67. The van der Waals surface area contributed by atoms with E-state index < -0.39 is 17.1 Å². The van der Waals surface area contributed by atoms with Gasteiger partial charge in [-0.3, -0.25) is 0 Å². The van der Waals surface area contributed by atoms with Gasteiger partial charge in [0.1, 0.15) is 11.4 Å². The number of ether oxygens (including phenoxy) is 1. The van der Waals surface area contributed by atoms with E-state index in [0.717, 1.165) is 12.8 Å². The number of aliphatic hydroxyl groups is 1. The van der Waals surface area contributed by atoms with Crippen LogP contribution in [0.3, 0.4) is 0 Å². The van der Waals surface area contributed by atoms with E-state index in [0.29, 0.717) is 17.9 Å². The lowest BCUT2D eigenvalue weighted by Crippen LogP contribution is -2.45. The van der Waals surface area contributed by atoms with Gasteiger partial charge in [-0.25, -0.2) is 9.18 Å². The highest BCUT2D eigenvalue weighted by atomic mass is 19.1. The standard InChI is InChI=1S/C18H26FNO3/c1-17(2,3)23-16(22)20-11-18(12-21,14-8-9-14)10-13-6-4-5-7-15(13)19/h4-7,14,21H,8-12H2,1-3H3,(H,20,22). The minimum Gasteiger partial charge on any atom is -0.444 e. The largest absolute Gasteiger partial charge is 0.444 e. The van der Waals surface area contributed by atoms with E-state index >= 15 is 0 Å². The average molecular weight is 323 g/mol. The molecule has 1 atom stereocenters. The van der Waals surface area contributed by atoms with Crippen molar-refractivity contribution < 1.29 is 19.0 Å². The summed E-state index contributed by atoms with van der Waals surface area (Å²) in [5.74, 6) is 0.0188. The number of halogens is 1. The summed E-state index contributed by atoms with van der Waals surface area (Å²) in [6.07, 6.45) is 1.87. The van der Waals surface area contributed by atoms with Crippen molar-refractivity contribution in [2.75, 3.05) is 13.2 Å². The number of benzene rings is 1. The van der Waals surface area contributed by atoms with Crippen molar-refractivity contribution in [2.45, 2.75) is 45.6 Å². The first kappa shape index (κ1) is 17.7. The summed E-state index contributed by atoms with van der Waals surface area (Å²) >= 11 is 0. The SMILES string of the molecule is CC(C)(C)OC(=O)NCC(CO)(Cc1ccccc1F)C1CC1. The van der Waals surface area contributed by atoms with Gasteiger partial charge in [0, 0.05) is 12.0 Å². The first-order valence-electron chi connectivity index (χ1n) is 8.07. The van der Waals surface area contributed by atoms with Crippen LogP contribution in [0.1, 0.15) is 39.2 Å². The highest BCUT2D eigenvalue weighted by Gasteiger charge is 2.45. The van der Waals surface area contributed by atoms with Crippen LogP contribution in [0.2, 0.25) is 0 Å². The monoisotopic (exact) mass is 323 g/mol. The zero-order chi connectivity index (χ0) is 17.1. The van der Waals surface area contributed by atoms with Crippen LogP contribution in [0.15, 0.2) is 24.3 Å². The van der Waals surface area contributed by atoms with Crippen molar-refractivity contribution >= 4 is 6.09 Å². The molecule has 1 aliphatic rings. The Morgan fingerprint density at radius 3 is 2.52 bits per heavy atom. The fourth-order valence-corrected chi connectivity index (χ4v) is 2.87. The molecule has 0 radical (unpaired) electrons. The second-order valence-electron chi connectivity index (χ2n) is 7.42. The van der Waals surface area contributed by atoms with E-state index in [9.17, 15) is 14.3 Å². The minimum absolute atomic E-state index is 0.0954. The molecular formula is C18H26FNO3. The Labute approximate surface area is 137 Å². The third-order valence-electron chi connectivity index (χ3n) is 4.24. The van der Waals surface area contributed by atoms with Crippen LogP contribution < -0.4 is 5.32 Å². The Balaban J connectivity index is 2.07. The van der Waals surface area contributed by atoms with Gasteiger partial charge in [-0.05, 0) is 57.6 Å². The first-order chi connectivity index (χ1) is 10.8. The number of aliphatic hydroxyl groups excluding tert-OH is 1. The predicted molar refractivity (Wildman–Crippen MR) is 86.6 cm³/mol. The van der Waals surface area contributed by atoms with Crippen molar-refractivity contribution in [1.29, 1.82) is 0 Å². The van der Waals surface area contributed by atoms with E-state index in [1.807, 2.05) is 0 Å². The van der Waals surface area contributed by atoms with Gasteiger partial charge >= 0.3 is 6.09 Å². The molecule has 1 aromatic carbocycles. The first-order valence-corrected chi connectivity index (χ1v) is 8.07. The van der Waals surface area contributed by atoms with Crippen LogP contribution in [0.25, 0.3) is 0 Å². The van der Waals surface area contributed by atoms with Crippen LogP contribution in [0.4, 0.5) is 9.18 Å². The van der Waals surface area contributed by atoms with Crippen molar-refractivity contribution in [1.82, 2.24) is 5.32 Å². The number of amides is 1. The second-order valence-corrected chi connectivity index (χ2v) is 7.42. The van der Waals surface area contributed by atoms with Gasteiger partial charge in [0.05, 0.1) is 6.61 Å². The number of nitrogens with one attached hydrogen (secondary N) is 1. The molecule has 0 bridgehead atoms. The lowest BCUT2D eigenvalue weighted by Gasteiger charge is -2.33. The molecule has 4 nitrogen and oxygen atoms in total. The second kappa shape index (κ2) is 6.87. The molecule has 23 heavy (non-hydrogen) atoms. The summed E-state index contributed by atoms with van der Waals surface area (Å²) in [6.45, 7) is 5.57. The van der Waals surface area contributed by atoms with Gasteiger partial charge < -0.3 is 15.2 Å². The molecule has 128 valence electrons. The molecule has 1 aliphatic carbocycles. The molecule has 0 aromatic heterocycles. The lowest BCUT2D eigenvalue weighted by molar-refractivity contribution is 0.0438. The van der Waals surface area contributed by atoms with Crippen LogP contribution in [0.5, 0.6) is 0 Å². The summed E-state index contributed by atoms with van der Waals surface area (Å²) in [5.41, 5.74) is -0.546. The maximum absolute atomic E-state index is 14.0. The van der Waals surface area contributed by atoms with Gasteiger partial charge in [-0.15, -0.1) is 0 Å². The van der Waals surface area contributed by atoms with E-state index in [1.165, 1.54) is 6.07 Å². The molecule has 1 fully saturated rings. The number of hydrogen-bond donors (Lipinski definition) is 2. The zero-order valence-corrected chi connectivity index (χ0v) is 14.1. The van der Waals surface area contributed by atoms with Gasteiger partial charge in [-0.1, -0.05) is 18.2 Å². The molecule has 5 heteroatoms. The van der Waals surface area contributed by atoms with Crippen LogP contribution in [-0.2, 0) is 11.2 Å². The molecule has 2 N–H and O–H groups in total. The van der Waals surface area contributed by atoms with E-state index in [1.54, 1.807) is 39.0 Å². The molecule has 0 heterocycles. The van der Waals surface area contributed by atoms with Crippen molar-refractivity contribution in [3.05, 3.63) is 35.6 Å². The summed E-state index contributed by atoms with van der Waals surface area (Å²) in [5, 5.41) is 12.7. The van der Waals surface area contributed by atoms with Crippen LogP contribution in [0, 0.1) is 17.2 Å². The predicted octanol–water partition coefficient (Wildman–Crippen LogP) is 3.28. The van der Waals surface area contributed by atoms with Crippen molar-refractivity contribution in [3.63, 3.8) is 0 Å². The summed E-state index contributed by atoms with van der Waals surface area (Å²) in [4.78, 5) is 11.9. The lowest BCUT2D eigenvalue weighted by atomic mass is 9.77. The maximum Gasteiger partial charge on any atom is 0.407 e. The van der Waals surface area contributed by atoms with Gasteiger partial charge in [0.2, 0.25) is 0 Å². The van der Waals surface area contributed by atoms with Crippen LogP contribution in [-0.4, -0.2) is 30.0 Å². The van der Waals surface area contributed by atoms with E-state index in [-0.39, 0.29) is 19.0 Å². The topological polar surface area (TPSA) is 58.6 Å². The zero-order valence-electron chi connectivity index (χ0n) is 14.1. The summed E-state index contributed by atoms with van der Waals surface area (Å²) in [7, 11) is 0. The Bertz CT molecular complexity index is 551. The fourth-order valence-electron chi connectivity index (χ4n) is 2.87. The molecule has 0 aliphatic heterocycles. The maximum atomic E-state index is 14.0. The fraction of sp³-hybridized carbons (Fsp3) is 0.611. The molecule has 1 unspecified atom stereocenters. The minimum atomic E-state index is -0.572. The van der Waals surface area contributed by atoms with Crippen molar-refractivity contribution in [2.24, 2.45) is 11.3 Å². The molecule has 2 rings (SSSR count). The highest BCUT2D eigenvalue weighted by Crippen LogP contribution is 2.47. The number of alkyl carbamates (subject to hydrolysis) is 1. The molecule has 1 amide bonds. The van der Waals surface area contributed by atoms with E-state index in [2.05, 4.69) is 5.32 Å². The van der Waals surface area contributed by atoms with Crippen molar-refractivity contribution in [3.8, 4) is 0 Å². The Hall–Kier alpha value is -1.62. The van der Waals surface area contributed by atoms with Gasteiger partial charge in [0.25, 0.3) is 0 Å². The average Bonchev–Trinajstić information content (AvgIpc) is 3.29. The number of hydrogen-bond acceptors (Lipinski definition) is 3. The summed E-state index contributed by atoms with van der Waals surface area (Å²) in [6, 6.07) is 6.59. The number of rotatable bonds is 6. The quantitative estimate of drug-likeness (QED) is 0.844. The Kier molecular flexibility index (Phi) is 5.30. The molecule has 0 spiro atoms. The van der Waals surface area contributed by atoms with Gasteiger partial charge in [-0.2, -0.15) is 0 Å². The van der Waals surface area contributed by atoms with Crippen LogP contribution >= 0.6 is 0 Å². The Morgan fingerprint density at radius 1 is 1.35 bits per heavy atom. The van der Waals surface area contributed by atoms with E-state index in [4.69, 9.17) is 4.74 Å². The van der Waals surface area contributed by atoms with Gasteiger partial charge in [0.15, 0.2) is 0 Å². The molecule has 1 saturated carbocycles. The molecule has 1 aromatic rings. The third kappa shape index (κ3) is 4.93. The Morgan fingerprint density at radius 2 is 2.00 bits per heavy atom.